The van der Waals surface area contributed by atoms with Gasteiger partial charge in [0.25, 0.3) is 0 Å². The molecule has 2 heterocycles. The molecule has 5 rings (SSSR count). The molecule has 0 atom stereocenters. The average Bonchev–Trinajstić information content (AvgIpc) is 3.45. The Morgan fingerprint density at radius 3 is 2.39 bits per heavy atom. The number of nitrogens with one attached hydrogen (secondary N) is 2. The lowest BCUT2D eigenvalue weighted by molar-refractivity contribution is -0.118. The summed E-state index contributed by atoms with van der Waals surface area (Å²) in [6.07, 6.45) is 4.06. The number of anilines is 4. The minimum absolute atomic E-state index is 0.00461. The summed E-state index contributed by atoms with van der Waals surface area (Å²) >= 11 is 0. The molecule has 1 saturated heterocycles. The van der Waals surface area contributed by atoms with E-state index in [4.69, 9.17) is 9.72 Å². The van der Waals surface area contributed by atoms with E-state index < -0.39 is 5.41 Å². The molecule has 170 valence electrons. The first kappa shape index (κ1) is 21.2. The van der Waals surface area contributed by atoms with Crippen molar-refractivity contribution in [3.63, 3.8) is 0 Å². The second-order valence-electron chi connectivity index (χ2n) is 8.82. The Morgan fingerprint density at radius 2 is 1.70 bits per heavy atom. The molecule has 0 unspecified atom stereocenters. The summed E-state index contributed by atoms with van der Waals surface area (Å²) in [5.74, 6) is 2.32. The van der Waals surface area contributed by atoms with Crippen LogP contribution in [-0.4, -0.2) is 36.1 Å². The zero-order valence-corrected chi connectivity index (χ0v) is 19.1. The monoisotopic (exact) mass is 443 g/mol. The van der Waals surface area contributed by atoms with Crippen molar-refractivity contribution in [2.45, 2.75) is 38.0 Å². The fraction of sp³-hybridized carbons (Fsp3) is 0.346. The second kappa shape index (κ2) is 8.73. The van der Waals surface area contributed by atoms with Gasteiger partial charge < -0.3 is 20.3 Å². The van der Waals surface area contributed by atoms with Gasteiger partial charge in [0.05, 0.1) is 12.5 Å². The zero-order chi connectivity index (χ0) is 22.8. The van der Waals surface area contributed by atoms with Gasteiger partial charge in [0.15, 0.2) is 0 Å². The minimum Gasteiger partial charge on any atom is -0.496 e. The van der Waals surface area contributed by atoms with Gasteiger partial charge in [0.2, 0.25) is 11.9 Å². The predicted octanol–water partition coefficient (Wildman–Crippen LogP) is 4.81. The molecule has 1 aromatic heterocycles. The third kappa shape index (κ3) is 4.35. The number of methoxy groups -OCH3 is 1. The van der Waals surface area contributed by atoms with Gasteiger partial charge in [0, 0.05) is 41.8 Å². The van der Waals surface area contributed by atoms with Gasteiger partial charge in [-0.2, -0.15) is 4.98 Å². The highest BCUT2D eigenvalue weighted by Crippen LogP contribution is 2.52. The molecule has 1 amide bonds. The van der Waals surface area contributed by atoms with Crippen molar-refractivity contribution < 1.29 is 9.53 Å². The van der Waals surface area contributed by atoms with Crippen LogP contribution in [0.2, 0.25) is 0 Å². The highest BCUT2D eigenvalue weighted by Gasteiger charge is 2.52. The molecule has 0 radical (unpaired) electrons. The average molecular weight is 444 g/mol. The van der Waals surface area contributed by atoms with Gasteiger partial charge in [0.1, 0.15) is 11.6 Å². The van der Waals surface area contributed by atoms with Crippen molar-refractivity contribution in [2.24, 2.45) is 0 Å². The standard InChI is InChI=1S/C26H29N5O2/c1-18-17-23(31-15-5-6-16-31)30-25(27-18)29-20-11-9-19(10-12-20)28-24(32)26(13-14-26)21-7-3-4-8-22(21)33-2/h3-4,7-12,17H,5-6,13-16H2,1-2H3,(H,28,32)(H,27,29,30). The Labute approximate surface area is 194 Å². The fourth-order valence-corrected chi connectivity index (χ4v) is 4.52. The number of rotatable bonds is 7. The Morgan fingerprint density at radius 1 is 1.00 bits per heavy atom. The number of hydrogen-bond acceptors (Lipinski definition) is 6. The number of amides is 1. The summed E-state index contributed by atoms with van der Waals surface area (Å²) in [6.45, 7) is 4.07. The van der Waals surface area contributed by atoms with Crippen LogP contribution in [0, 0.1) is 6.92 Å². The summed E-state index contributed by atoms with van der Waals surface area (Å²) in [6, 6.07) is 17.5. The van der Waals surface area contributed by atoms with Crippen LogP contribution < -0.4 is 20.3 Å². The van der Waals surface area contributed by atoms with E-state index in [2.05, 4.69) is 20.5 Å². The lowest BCUT2D eigenvalue weighted by Gasteiger charge is -2.19. The zero-order valence-electron chi connectivity index (χ0n) is 19.1. The minimum atomic E-state index is -0.509. The number of carbonyl (C=O) groups is 1. The third-order valence-electron chi connectivity index (χ3n) is 6.48. The van der Waals surface area contributed by atoms with E-state index in [0.29, 0.717) is 5.95 Å². The van der Waals surface area contributed by atoms with Crippen molar-refractivity contribution in [3.8, 4) is 5.75 Å². The number of ether oxygens (including phenoxy) is 1. The van der Waals surface area contributed by atoms with E-state index in [-0.39, 0.29) is 5.91 Å². The first-order chi connectivity index (χ1) is 16.1. The summed E-state index contributed by atoms with van der Waals surface area (Å²) in [5.41, 5.74) is 3.01. The molecule has 2 N–H and O–H groups in total. The highest BCUT2D eigenvalue weighted by molar-refractivity contribution is 6.02. The maximum Gasteiger partial charge on any atom is 0.235 e. The highest BCUT2D eigenvalue weighted by atomic mass is 16.5. The van der Waals surface area contributed by atoms with E-state index in [9.17, 15) is 4.79 Å². The van der Waals surface area contributed by atoms with Gasteiger partial charge in [-0.3, -0.25) is 4.79 Å². The third-order valence-corrected chi connectivity index (χ3v) is 6.48. The summed E-state index contributed by atoms with van der Waals surface area (Å²) < 4.78 is 5.49. The predicted molar refractivity (Wildman–Crippen MR) is 130 cm³/mol. The van der Waals surface area contributed by atoms with Crippen molar-refractivity contribution >= 4 is 29.0 Å². The molecule has 1 saturated carbocycles. The van der Waals surface area contributed by atoms with Gasteiger partial charge in [-0.15, -0.1) is 0 Å². The van der Waals surface area contributed by atoms with E-state index >= 15 is 0 Å². The molecule has 0 bridgehead atoms. The van der Waals surface area contributed by atoms with Gasteiger partial charge in [-0.1, -0.05) is 18.2 Å². The van der Waals surface area contributed by atoms with Gasteiger partial charge in [-0.25, -0.2) is 4.98 Å². The smallest absolute Gasteiger partial charge is 0.235 e. The number of benzene rings is 2. The largest absolute Gasteiger partial charge is 0.496 e. The molecule has 7 nitrogen and oxygen atoms in total. The Bertz CT molecular complexity index is 1150. The number of para-hydroxylation sites is 1. The maximum atomic E-state index is 13.1. The number of aromatic nitrogens is 2. The quantitative estimate of drug-likeness (QED) is 0.546. The summed E-state index contributed by atoms with van der Waals surface area (Å²) in [4.78, 5) is 24.7. The molecule has 1 aliphatic heterocycles. The molecule has 2 fully saturated rings. The van der Waals surface area contributed by atoms with Crippen molar-refractivity contribution in [2.75, 3.05) is 35.7 Å². The molecular formula is C26H29N5O2. The van der Waals surface area contributed by atoms with E-state index in [1.165, 1.54) is 12.8 Å². The summed E-state index contributed by atoms with van der Waals surface area (Å²) in [7, 11) is 1.64. The fourth-order valence-electron chi connectivity index (χ4n) is 4.52. The van der Waals surface area contributed by atoms with E-state index in [1.807, 2.05) is 61.5 Å². The second-order valence-corrected chi connectivity index (χ2v) is 8.82. The van der Waals surface area contributed by atoms with Crippen LogP contribution in [0.25, 0.3) is 0 Å². The van der Waals surface area contributed by atoms with Crippen LogP contribution in [0.5, 0.6) is 5.75 Å². The van der Waals surface area contributed by atoms with E-state index in [1.54, 1.807) is 7.11 Å². The van der Waals surface area contributed by atoms with Gasteiger partial charge in [-0.05, 0) is 62.9 Å². The normalized spacial score (nSPS) is 16.4. The molecule has 3 aromatic rings. The summed E-state index contributed by atoms with van der Waals surface area (Å²) in [5, 5.41) is 6.38. The maximum absolute atomic E-state index is 13.1. The van der Waals surface area contributed by atoms with Crippen LogP contribution >= 0.6 is 0 Å². The van der Waals surface area contributed by atoms with Crippen LogP contribution in [0.3, 0.4) is 0 Å². The lowest BCUT2D eigenvalue weighted by Crippen LogP contribution is -2.28. The number of carbonyl (C=O) groups excluding carboxylic acids is 1. The van der Waals surface area contributed by atoms with Crippen LogP contribution in [0.4, 0.5) is 23.1 Å². The van der Waals surface area contributed by atoms with Crippen LogP contribution in [0.1, 0.15) is 36.9 Å². The number of hydrogen-bond donors (Lipinski definition) is 2. The molecular weight excluding hydrogens is 414 g/mol. The Balaban J connectivity index is 1.27. The van der Waals surface area contributed by atoms with Crippen LogP contribution in [0.15, 0.2) is 54.6 Å². The van der Waals surface area contributed by atoms with Crippen molar-refractivity contribution in [1.82, 2.24) is 9.97 Å². The molecule has 2 aliphatic rings. The van der Waals surface area contributed by atoms with Crippen molar-refractivity contribution in [1.29, 1.82) is 0 Å². The topological polar surface area (TPSA) is 79.4 Å². The number of aryl methyl sites for hydroxylation is 1. The first-order valence-electron chi connectivity index (χ1n) is 11.5. The van der Waals surface area contributed by atoms with Gasteiger partial charge >= 0.3 is 0 Å². The number of nitrogens with zero attached hydrogens (tertiary/aromatic N) is 3. The Hall–Kier alpha value is -3.61. The first-order valence-corrected chi connectivity index (χ1v) is 11.5. The Kier molecular flexibility index (Phi) is 5.62. The molecule has 7 heteroatoms. The molecule has 0 spiro atoms. The molecule has 33 heavy (non-hydrogen) atoms. The van der Waals surface area contributed by atoms with Crippen molar-refractivity contribution in [3.05, 3.63) is 65.9 Å². The molecule has 2 aromatic carbocycles. The molecule has 1 aliphatic carbocycles. The SMILES string of the molecule is COc1ccccc1C1(C(=O)Nc2ccc(Nc3nc(C)cc(N4CCCC4)n3)cc2)CC1. The van der Waals surface area contributed by atoms with Crippen LogP contribution in [-0.2, 0) is 10.2 Å². The lowest BCUT2D eigenvalue weighted by atomic mass is 9.94. The van der Waals surface area contributed by atoms with E-state index in [0.717, 1.165) is 60.1 Å².